The van der Waals surface area contributed by atoms with E-state index in [1.807, 2.05) is 81.4 Å². The van der Waals surface area contributed by atoms with Crippen LogP contribution in [0.2, 0.25) is 0 Å². The third-order valence-electron chi connectivity index (χ3n) is 6.25. The molecule has 1 amide bonds. The molecule has 0 aliphatic carbocycles. The van der Waals surface area contributed by atoms with Crippen molar-refractivity contribution in [2.75, 3.05) is 72.6 Å². The highest BCUT2D eigenvalue weighted by molar-refractivity contribution is 5.67. The highest BCUT2D eigenvalue weighted by Crippen LogP contribution is 2.24. The molecule has 10 heteroatoms. The summed E-state index contributed by atoms with van der Waals surface area (Å²) in [5, 5.41) is 6.01. The molecule has 0 bridgehead atoms. The minimum absolute atomic E-state index is 0.113. The average Bonchev–Trinajstić information content (AvgIpc) is 2.97. The molecule has 0 saturated heterocycles. The van der Waals surface area contributed by atoms with Crippen LogP contribution in [0.4, 0.5) is 9.18 Å². The molecule has 1 atom stereocenters. The van der Waals surface area contributed by atoms with Crippen LogP contribution in [-0.2, 0) is 28.4 Å². The topological polar surface area (TPSA) is 96.5 Å². The number of carbonyl (C=O) groups is 1. The lowest BCUT2D eigenvalue weighted by molar-refractivity contribution is -0.0903. The van der Waals surface area contributed by atoms with E-state index in [2.05, 4.69) is 10.6 Å². The van der Waals surface area contributed by atoms with E-state index >= 15 is 4.39 Å². The first kappa shape index (κ1) is 36.6. The molecule has 0 spiro atoms. The molecule has 2 rings (SSSR count). The summed E-state index contributed by atoms with van der Waals surface area (Å²) in [7, 11) is 0. The summed E-state index contributed by atoms with van der Waals surface area (Å²) >= 11 is 0. The summed E-state index contributed by atoms with van der Waals surface area (Å²) in [6.45, 7) is 13.1. The molecular weight excluding hydrogens is 555 g/mol. The maximum absolute atomic E-state index is 15.2. The Morgan fingerprint density at radius 1 is 0.698 bits per heavy atom. The summed E-state index contributed by atoms with van der Waals surface area (Å²) in [6.07, 6.45) is -1.68. The van der Waals surface area contributed by atoms with Gasteiger partial charge in [-0.2, -0.15) is 0 Å². The lowest BCUT2D eigenvalue weighted by atomic mass is 9.97. The van der Waals surface area contributed by atoms with Crippen molar-refractivity contribution in [1.29, 1.82) is 0 Å². The zero-order chi connectivity index (χ0) is 31.4. The van der Waals surface area contributed by atoms with Crippen LogP contribution in [0.1, 0.15) is 51.8 Å². The molecular formula is C33H51FN2O7. The fourth-order valence-corrected chi connectivity index (χ4v) is 3.94. The number of ether oxygens (including phenoxy) is 6. The first-order valence-corrected chi connectivity index (χ1v) is 15.0. The van der Waals surface area contributed by atoms with Crippen LogP contribution in [0.3, 0.4) is 0 Å². The van der Waals surface area contributed by atoms with Gasteiger partial charge in [-0.25, -0.2) is 9.18 Å². The predicted octanol–water partition coefficient (Wildman–Crippen LogP) is 5.09. The fraction of sp³-hybridized carbons (Fsp3) is 0.606. The monoisotopic (exact) mass is 606 g/mol. The van der Waals surface area contributed by atoms with Gasteiger partial charge in [0.1, 0.15) is 11.8 Å². The van der Waals surface area contributed by atoms with Crippen LogP contribution in [0, 0.1) is 0 Å². The van der Waals surface area contributed by atoms with Crippen molar-refractivity contribution in [3.63, 3.8) is 0 Å². The van der Waals surface area contributed by atoms with E-state index < -0.39 is 23.5 Å². The van der Waals surface area contributed by atoms with E-state index in [1.54, 1.807) is 13.8 Å². The largest absolute Gasteiger partial charge is 0.444 e. The number of alkyl carbamates (subject to hydrolysis) is 1. The third-order valence-corrected chi connectivity index (χ3v) is 6.25. The Hall–Kier alpha value is -2.60. The molecule has 242 valence electrons. The van der Waals surface area contributed by atoms with E-state index in [-0.39, 0.29) is 19.2 Å². The van der Waals surface area contributed by atoms with Crippen LogP contribution < -0.4 is 10.6 Å². The summed E-state index contributed by atoms with van der Waals surface area (Å²) in [5.74, 6) is 0. The third kappa shape index (κ3) is 16.7. The lowest BCUT2D eigenvalue weighted by Crippen LogP contribution is -2.44. The molecule has 2 aromatic rings. The van der Waals surface area contributed by atoms with Gasteiger partial charge in [0, 0.05) is 13.1 Å². The number of amides is 1. The van der Waals surface area contributed by atoms with Crippen LogP contribution in [0.25, 0.3) is 0 Å². The maximum atomic E-state index is 15.2. The number of rotatable bonds is 22. The van der Waals surface area contributed by atoms with Crippen LogP contribution in [-0.4, -0.2) is 96.0 Å². The average molecular weight is 607 g/mol. The molecule has 9 nitrogen and oxygen atoms in total. The maximum Gasteiger partial charge on any atom is 0.407 e. The molecule has 43 heavy (non-hydrogen) atoms. The molecule has 1 unspecified atom stereocenters. The summed E-state index contributed by atoms with van der Waals surface area (Å²) in [4.78, 5) is 11.5. The summed E-state index contributed by atoms with van der Waals surface area (Å²) < 4.78 is 48.1. The molecule has 0 aromatic heterocycles. The second-order valence-electron chi connectivity index (χ2n) is 11.5. The Morgan fingerprint density at radius 2 is 1.14 bits per heavy atom. The second kappa shape index (κ2) is 20.4. The van der Waals surface area contributed by atoms with Crippen molar-refractivity contribution >= 4 is 6.09 Å². The Kier molecular flexibility index (Phi) is 17.3. The zero-order valence-electron chi connectivity index (χ0n) is 26.4. The van der Waals surface area contributed by atoms with Gasteiger partial charge in [0.2, 0.25) is 0 Å². The standard InChI is InChI=1S/C33H51FN2O7/c1-32(2,3)43-31(37)35-16-17-38-18-19-39-20-21-40-22-23-41-24-25-42-33(4,5)29(34)26-36-30(27-12-8-6-9-13-27)28-14-10-7-11-15-28/h6-15,29-30,36H,16-26H2,1-5H3,(H,35,37). The Balaban J connectivity index is 1.47. The van der Waals surface area contributed by atoms with Crippen molar-refractivity contribution in [1.82, 2.24) is 10.6 Å². The Labute approximate surface area is 256 Å². The minimum Gasteiger partial charge on any atom is -0.444 e. The number of alkyl halides is 1. The van der Waals surface area contributed by atoms with Crippen LogP contribution in [0.15, 0.2) is 60.7 Å². The number of halogens is 1. The van der Waals surface area contributed by atoms with Gasteiger partial charge >= 0.3 is 6.09 Å². The SMILES string of the molecule is CC(C)(C)OC(=O)NCCOCCOCCOCCOCCOC(C)(C)C(F)CNC(c1ccccc1)c1ccccc1. The smallest absolute Gasteiger partial charge is 0.407 e. The summed E-state index contributed by atoms with van der Waals surface area (Å²) in [5.41, 5.74) is 0.670. The number of hydrogen-bond donors (Lipinski definition) is 2. The van der Waals surface area contributed by atoms with Gasteiger partial charge in [0.05, 0.1) is 71.1 Å². The van der Waals surface area contributed by atoms with Crippen molar-refractivity contribution < 1.29 is 37.6 Å². The van der Waals surface area contributed by atoms with Crippen molar-refractivity contribution in [3.05, 3.63) is 71.8 Å². The molecule has 2 aromatic carbocycles. The first-order chi connectivity index (χ1) is 20.6. The number of nitrogens with one attached hydrogen (secondary N) is 2. The van der Waals surface area contributed by atoms with Gasteiger partial charge in [0.25, 0.3) is 0 Å². The van der Waals surface area contributed by atoms with Crippen molar-refractivity contribution in [2.24, 2.45) is 0 Å². The van der Waals surface area contributed by atoms with E-state index in [0.717, 1.165) is 11.1 Å². The first-order valence-electron chi connectivity index (χ1n) is 15.0. The van der Waals surface area contributed by atoms with Gasteiger partial charge in [-0.05, 0) is 45.7 Å². The highest BCUT2D eigenvalue weighted by Gasteiger charge is 2.31. The summed E-state index contributed by atoms with van der Waals surface area (Å²) in [6, 6.07) is 20.0. The number of hydrogen-bond acceptors (Lipinski definition) is 8. The van der Waals surface area contributed by atoms with Gasteiger partial charge in [-0.1, -0.05) is 60.7 Å². The van der Waals surface area contributed by atoms with E-state index in [0.29, 0.717) is 59.4 Å². The van der Waals surface area contributed by atoms with Gasteiger partial charge in [0.15, 0.2) is 0 Å². The highest BCUT2D eigenvalue weighted by atomic mass is 19.1. The molecule has 0 heterocycles. The van der Waals surface area contributed by atoms with E-state index in [1.165, 1.54) is 0 Å². The minimum atomic E-state index is -1.22. The normalized spacial score (nSPS) is 12.8. The fourth-order valence-electron chi connectivity index (χ4n) is 3.94. The Bertz CT molecular complexity index is 950. The van der Waals surface area contributed by atoms with Crippen LogP contribution in [0.5, 0.6) is 0 Å². The molecule has 0 aliphatic heterocycles. The van der Waals surface area contributed by atoms with Gasteiger partial charge in [-0.3, -0.25) is 0 Å². The molecule has 0 aliphatic rings. The number of carbonyl (C=O) groups excluding carboxylic acids is 1. The number of benzene rings is 2. The molecule has 0 radical (unpaired) electrons. The lowest BCUT2D eigenvalue weighted by Gasteiger charge is -2.31. The predicted molar refractivity (Wildman–Crippen MR) is 165 cm³/mol. The zero-order valence-corrected chi connectivity index (χ0v) is 26.4. The van der Waals surface area contributed by atoms with Gasteiger partial charge < -0.3 is 39.1 Å². The molecule has 0 saturated carbocycles. The van der Waals surface area contributed by atoms with E-state index in [4.69, 9.17) is 28.4 Å². The van der Waals surface area contributed by atoms with Crippen molar-refractivity contribution in [2.45, 2.75) is 58.0 Å². The van der Waals surface area contributed by atoms with Gasteiger partial charge in [-0.15, -0.1) is 0 Å². The van der Waals surface area contributed by atoms with Crippen molar-refractivity contribution in [3.8, 4) is 0 Å². The Morgan fingerprint density at radius 3 is 1.60 bits per heavy atom. The second-order valence-corrected chi connectivity index (χ2v) is 11.5. The van der Waals surface area contributed by atoms with E-state index in [9.17, 15) is 4.79 Å². The quantitative estimate of drug-likeness (QED) is 0.179. The van der Waals surface area contributed by atoms with Crippen LogP contribution >= 0.6 is 0 Å². The molecule has 2 N–H and O–H groups in total. The molecule has 0 fully saturated rings.